The summed E-state index contributed by atoms with van der Waals surface area (Å²) in [6, 6.07) is 62.5. The number of nitrogens with zero attached hydrogens (tertiary/aromatic N) is 2. The molecule has 4 heteroatoms. The smallest absolute Gasteiger partial charge is 0.184 e. The maximum atomic E-state index is 10.6. The lowest BCUT2D eigenvalue weighted by Crippen LogP contribution is -2.75. The topological polar surface area (TPSA) is 41.9 Å². The molecule has 0 N–H and O–H groups in total. The largest absolute Gasteiger partial charge is 0.456 e. The molecule has 0 spiro atoms. The first-order valence-corrected chi connectivity index (χ1v) is 17.8. The Hall–Kier alpha value is -6.15. The molecule has 0 amide bonds. The fraction of sp³-hybridized carbons (Fsp3) is 0. The van der Waals surface area contributed by atoms with Crippen LogP contribution in [0.25, 0.3) is 49.4 Å². The van der Waals surface area contributed by atoms with Crippen LogP contribution in [-0.4, -0.2) is 12.6 Å². The van der Waals surface area contributed by atoms with Crippen molar-refractivity contribution in [1.82, 2.24) is 4.57 Å². The number of rotatable bonds is 5. The Morgan fingerprint density at radius 1 is 0.489 bits per heavy atom. The van der Waals surface area contributed by atoms with Gasteiger partial charge in [0.2, 0.25) is 0 Å². The number of hydrogen-bond acceptors (Lipinski definition) is 2. The number of benzene rings is 7. The zero-order valence-corrected chi connectivity index (χ0v) is 26.5. The van der Waals surface area contributed by atoms with Crippen molar-refractivity contribution in [2.24, 2.45) is 0 Å². The van der Waals surface area contributed by atoms with Gasteiger partial charge in [0.1, 0.15) is 11.2 Å². The minimum absolute atomic E-state index is 0.625. The number of fused-ring (bicyclic) bond motifs is 6. The van der Waals surface area contributed by atoms with Gasteiger partial charge in [-0.25, -0.2) is 0 Å². The van der Waals surface area contributed by atoms with Gasteiger partial charge < -0.3 is 8.98 Å². The Bertz CT molecular complexity index is 2550. The third kappa shape index (κ3) is 4.04. The molecule has 0 aliphatic heterocycles. The van der Waals surface area contributed by atoms with Crippen molar-refractivity contribution in [1.29, 1.82) is 5.26 Å². The molecule has 0 unspecified atom stereocenters. The Kier molecular flexibility index (Phi) is 6.21. The quantitative estimate of drug-likeness (QED) is 0.146. The van der Waals surface area contributed by atoms with Crippen LogP contribution in [-0.2, 0) is 0 Å². The zero-order valence-electron chi connectivity index (χ0n) is 25.5. The van der Waals surface area contributed by atoms with Crippen LogP contribution >= 0.6 is 0 Å². The second kappa shape index (κ2) is 10.7. The lowest BCUT2D eigenvalue weighted by atomic mass is 10.1. The van der Waals surface area contributed by atoms with Crippen molar-refractivity contribution in [2.45, 2.75) is 0 Å². The van der Waals surface area contributed by atoms with E-state index < -0.39 is 8.07 Å². The number of hydrogen-bond donors (Lipinski definition) is 0. The van der Waals surface area contributed by atoms with Crippen molar-refractivity contribution < 1.29 is 4.42 Å². The third-order valence-electron chi connectivity index (χ3n) is 9.54. The van der Waals surface area contributed by atoms with Crippen LogP contribution in [0.5, 0.6) is 0 Å². The molecule has 2 heterocycles. The van der Waals surface area contributed by atoms with E-state index in [0.717, 1.165) is 49.0 Å². The molecule has 47 heavy (non-hydrogen) atoms. The molecule has 0 saturated heterocycles. The highest BCUT2D eigenvalue weighted by atomic mass is 28.3. The molecule has 0 fully saturated rings. The predicted molar refractivity (Wildman–Crippen MR) is 196 cm³/mol. The molecule has 0 aliphatic rings. The van der Waals surface area contributed by atoms with Crippen LogP contribution in [0, 0.1) is 11.3 Å². The minimum atomic E-state index is -3.11. The van der Waals surface area contributed by atoms with Gasteiger partial charge in [0, 0.05) is 27.2 Å². The maximum absolute atomic E-state index is 10.6. The van der Waals surface area contributed by atoms with Gasteiger partial charge >= 0.3 is 0 Å². The Morgan fingerprint density at radius 3 is 1.68 bits per heavy atom. The van der Waals surface area contributed by atoms with Crippen molar-refractivity contribution in [3.8, 4) is 11.8 Å². The number of para-hydroxylation sites is 4. The van der Waals surface area contributed by atoms with Gasteiger partial charge in [-0.3, -0.25) is 0 Å². The van der Waals surface area contributed by atoms with Crippen molar-refractivity contribution in [2.75, 3.05) is 0 Å². The van der Waals surface area contributed by atoms with Crippen LogP contribution in [0.15, 0.2) is 174 Å². The van der Waals surface area contributed by atoms with Crippen LogP contribution in [0.4, 0.5) is 0 Å². The predicted octanol–water partition coefficient (Wildman–Crippen LogP) is 7.93. The Balaban J connectivity index is 1.46. The van der Waals surface area contributed by atoms with Crippen LogP contribution in [0.2, 0.25) is 0 Å². The van der Waals surface area contributed by atoms with E-state index in [9.17, 15) is 5.26 Å². The number of aromatic nitrogens is 1. The van der Waals surface area contributed by atoms with Crippen LogP contribution < -0.4 is 20.7 Å². The first kappa shape index (κ1) is 27.2. The summed E-state index contributed by atoms with van der Waals surface area (Å²) < 4.78 is 9.10. The summed E-state index contributed by atoms with van der Waals surface area (Å²) in [5, 5.41) is 19.9. The van der Waals surface area contributed by atoms with Crippen molar-refractivity contribution in [3.63, 3.8) is 0 Å². The van der Waals surface area contributed by atoms with E-state index in [0.29, 0.717) is 5.56 Å². The molecule has 0 atom stereocenters. The number of furan rings is 1. The van der Waals surface area contributed by atoms with Gasteiger partial charge in [0.05, 0.1) is 22.7 Å². The van der Waals surface area contributed by atoms with Crippen LogP contribution in [0.3, 0.4) is 0 Å². The number of nitriles is 1. The molecule has 3 nitrogen and oxygen atoms in total. The van der Waals surface area contributed by atoms with E-state index >= 15 is 0 Å². The first-order valence-electron chi connectivity index (χ1n) is 15.8. The molecular formula is C43H28N2OSi. The second-order valence-electron chi connectivity index (χ2n) is 12.0. The van der Waals surface area contributed by atoms with Gasteiger partial charge in [-0.1, -0.05) is 133 Å². The van der Waals surface area contributed by atoms with Crippen LogP contribution in [0.1, 0.15) is 5.56 Å². The monoisotopic (exact) mass is 616 g/mol. The van der Waals surface area contributed by atoms with E-state index in [1.165, 1.54) is 21.1 Å². The highest BCUT2D eigenvalue weighted by Gasteiger charge is 2.44. The summed E-state index contributed by atoms with van der Waals surface area (Å²) in [4.78, 5) is 0. The van der Waals surface area contributed by atoms with E-state index in [2.05, 4.69) is 162 Å². The van der Waals surface area contributed by atoms with Gasteiger partial charge in [-0.05, 0) is 57.1 Å². The summed E-state index contributed by atoms with van der Waals surface area (Å²) in [6.07, 6.45) is 0. The van der Waals surface area contributed by atoms with E-state index in [4.69, 9.17) is 4.42 Å². The summed E-state index contributed by atoms with van der Waals surface area (Å²) >= 11 is 0. The second-order valence-corrected chi connectivity index (χ2v) is 15.8. The fourth-order valence-corrected chi connectivity index (χ4v) is 12.5. The zero-order chi connectivity index (χ0) is 31.4. The molecule has 220 valence electrons. The molecule has 9 rings (SSSR count). The third-order valence-corrected chi connectivity index (χ3v) is 14.3. The Labute approximate surface area is 273 Å². The average molecular weight is 617 g/mol. The Morgan fingerprint density at radius 2 is 1.04 bits per heavy atom. The van der Waals surface area contributed by atoms with Gasteiger partial charge in [-0.2, -0.15) is 5.26 Å². The molecule has 0 bridgehead atoms. The molecule has 0 aliphatic carbocycles. The summed E-state index contributed by atoms with van der Waals surface area (Å²) in [5.74, 6) is 0. The first-order chi connectivity index (χ1) is 23.3. The molecule has 9 aromatic rings. The lowest BCUT2D eigenvalue weighted by molar-refractivity contribution is 0.671. The van der Waals surface area contributed by atoms with E-state index in [-0.39, 0.29) is 0 Å². The SMILES string of the molecule is N#Cc1cc(-n2c3ccccc3c3ccccc32)cc([Si](c2ccccc2)(c2ccccc2)c2cccc3c2oc2ccccc23)c1. The summed E-state index contributed by atoms with van der Waals surface area (Å²) in [6.45, 7) is 0. The van der Waals surface area contributed by atoms with E-state index in [1.54, 1.807) is 0 Å². The highest BCUT2D eigenvalue weighted by molar-refractivity contribution is 7.20. The molecular weight excluding hydrogens is 589 g/mol. The highest BCUT2D eigenvalue weighted by Crippen LogP contribution is 2.33. The molecule has 2 aromatic heterocycles. The standard InChI is InChI=1S/C43H28N2OSi/c44-29-30-26-31(45-39-22-10-7-18-35(39)36-19-8-11-23-40(36)45)28-34(27-30)47(32-14-3-1-4-15-32,33-16-5-2-6-17-33)42-25-13-21-38-37-20-9-12-24-41(37)46-43(38)42/h1-28H. The minimum Gasteiger partial charge on any atom is -0.456 e. The summed E-state index contributed by atoms with van der Waals surface area (Å²) in [7, 11) is -3.11. The lowest BCUT2D eigenvalue weighted by Gasteiger charge is -2.34. The van der Waals surface area contributed by atoms with Gasteiger partial charge in [-0.15, -0.1) is 0 Å². The maximum Gasteiger partial charge on any atom is 0.184 e. The molecule has 7 aromatic carbocycles. The fourth-order valence-electron chi connectivity index (χ4n) is 7.61. The van der Waals surface area contributed by atoms with Crippen molar-refractivity contribution >= 4 is 72.6 Å². The van der Waals surface area contributed by atoms with Gasteiger partial charge in [0.15, 0.2) is 8.07 Å². The average Bonchev–Trinajstić information content (AvgIpc) is 3.69. The molecule has 0 radical (unpaired) electrons. The summed E-state index contributed by atoms with van der Waals surface area (Å²) in [5.41, 5.74) is 5.59. The van der Waals surface area contributed by atoms with Crippen molar-refractivity contribution in [3.05, 3.63) is 175 Å². The molecule has 0 saturated carbocycles. The normalized spacial score (nSPS) is 11.8. The van der Waals surface area contributed by atoms with Gasteiger partial charge in [0.25, 0.3) is 0 Å². The van der Waals surface area contributed by atoms with E-state index in [1.807, 2.05) is 18.2 Å².